The highest BCUT2D eigenvalue weighted by Crippen LogP contribution is 2.20. The minimum Gasteiger partial charge on any atom is -0.493 e. The van der Waals surface area contributed by atoms with E-state index in [0.29, 0.717) is 28.8 Å². The molecule has 0 saturated heterocycles. The van der Waals surface area contributed by atoms with Crippen molar-refractivity contribution >= 4 is 24.3 Å². The third-order valence-electron chi connectivity index (χ3n) is 2.74. The largest absolute Gasteiger partial charge is 0.493 e. The number of hydrogen-bond acceptors (Lipinski definition) is 6. The molecule has 2 N–H and O–H groups in total. The monoisotopic (exact) mass is 293 g/mol. The SMILES string of the molecule is Cc1nc(SCCOc2cccc(B(O)O)c2)oc1C. The second-order valence-electron chi connectivity index (χ2n) is 4.26. The summed E-state index contributed by atoms with van der Waals surface area (Å²) >= 11 is 1.48. The van der Waals surface area contributed by atoms with Crippen LogP contribution in [-0.4, -0.2) is 34.5 Å². The Morgan fingerprint density at radius 3 is 2.80 bits per heavy atom. The normalized spacial score (nSPS) is 10.6. The zero-order valence-corrected chi connectivity index (χ0v) is 12.2. The van der Waals surface area contributed by atoms with Crippen molar-refractivity contribution in [2.75, 3.05) is 12.4 Å². The zero-order chi connectivity index (χ0) is 14.5. The highest BCUT2D eigenvalue weighted by Gasteiger charge is 2.11. The van der Waals surface area contributed by atoms with Gasteiger partial charge in [0.05, 0.1) is 12.3 Å². The number of benzene rings is 1. The minimum absolute atomic E-state index is 0.411. The number of thioether (sulfide) groups is 1. The molecule has 1 heterocycles. The van der Waals surface area contributed by atoms with Gasteiger partial charge in [-0.15, -0.1) is 0 Å². The smallest absolute Gasteiger partial charge is 0.488 e. The molecule has 1 aromatic heterocycles. The molecule has 0 spiro atoms. The Balaban J connectivity index is 1.79. The van der Waals surface area contributed by atoms with Crippen LogP contribution in [-0.2, 0) is 0 Å². The molecule has 106 valence electrons. The van der Waals surface area contributed by atoms with E-state index in [4.69, 9.17) is 19.2 Å². The van der Waals surface area contributed by atoms with Crippen LogP contribution in [0.4, 0.5) is 0 Å². The fourth-order valence-electron chi connectivity index (χ4n) is 1.56. The quantitative estimate of drug-likeness (QED) is 0.472. The first-order chi connectivity index (χ1) is 9.56. The Hall–Kier alpha value is -1.44. The molecule has 0 bridgehead atoms. The molecule has 0 fully saturated rings. The van der Waals surface area contributed by atoms with Crippen LogP contribution in [0.5, 0.6) is 5.75 Å². The molecule has 2 rings (SSSR count). The molecule has 0 unspecified atom stereocenters. The van der Waals surface area contributed by atoms with Gasteiger partial charge in [0.25, 0.3) is 5.22 Å². The van der Waals surface area contributed by atoms with Crippen LogP contribution in [0.3, 0.4) is 0 Å². The number of rotatable bonds is 6. The Morgan fingerprint density at radius 2 is 2.15 bits per heavy atom. The molecule has 0 amide bonds. The van der Waals surface area contributed by atoms with Gasteiger partial charge in [-0.05, 0) is 31.4 Å². The number of ether oxygens (including phenoxy) is 1. The number of nitrogens with zero attached hydrogens (tertiary/aromatic N) is 1. The molecule has 7 heteroatoms. The molecule has 1 aromatic carbocycles. The van der Waals surface area contributed by atoms with Crippen LogP contribution in [0.15, 0.2) is 33.9 Å². The first-order valence-electron chi connectivity index (χ1n) is 6.22. The van der Waals surface area contributed by atoms with Crippen LogP contribution in [0.25, 0.3) is 0 Å². The number of aromatic nitrogens is 1. The maximum absolute atomic E-state index is 9.07. The molecule has 0 aliphatic heterocycles. The maximum Gasteiger partial charge on any atom is 0.488 e. The van der Waals surface area contributed by atoms with Crippen LogP contribution in [0.1, 0.15) is 11.5 Å². The third kappa shape index (κ3) is 4.03. The van der Waals surface area contributed by atoms with Crippen molar-refractivity contribution in [1.82, 2.24) is 4.98 Å². The summed E-state index contributed by atoms with van der Waals surface area (Å²) in [7, 11) is -1.48. The Morgan fingerprint density at radius 1 is 1.35 bits per heavy atom. The second kappa shape index (κ2) is 6.83. The molecule has 2 aromatic rings. The van der Waals surface area contributed by atoms with Crippen LogP contribution in [0.2, 0.25) is 0 Å². The van der Waals surface area contributed by atoms with Gasteiger partial charge >= 0.3 is 7.12 Å². The molecular formula is C13H16BNO4S. The van der Waals surface area contributed by atoms with E-state index < -0.39 is 7.12 Å². The third-order valence-corrected chi connectivity index (χ3v) is 3.54. The van der Waals surface area contributed by atoms with Crippen LogP contribution < -0.4 is 10.2 Å². The summed E-state index contributed by atoms with van der Waals surface area (Å²) in [5, 5.41) is 18.8. The molecule has 0 aliphatic rings. The summed E-state index contributed by atoms with van der Waals surface area (Å²) in [5.74, 6) is 2.14. The van der Waals surface area contributed by atoms with Gasteiger partial charge in [-0.3, -0.25) is 0 Å². The lowest BCUT2D eigenvalue weighted by Crippen LogP contribution is -2.29. The van der Waals surface area contributed by atoms with Crippen molar-refractivity contribution in [3.8, 4) is 5.75 Å². The molecular weight excluding hydrogens is 277 g/mol. The Bertz CT molecular complexity index is 554. The Labute approximate surface area is 122 Å². The van der Waals surface area contributed by atoms with Gasteiger partial charge in [0.2, 0.25) is 0 Å². The Kier molecular flexibility index (Phi) is 5.11. The predicted octanol–water partition coefficient (Wildman–Crippen LogP) is 1.14. The van der Waals surface area contributed by atoms with E-state index in [0.717, 1.165) is 11.5 Å². The highest BCUT2D eigenvalue weighted by molar-refractivity contribution is 7.99. The summed E-state index contributed by atoms with van der Waals surface area (Å²) in [6.07, 6.45) is 0. The number of hydrogen-bond donors (Lipinski definition) is 2. The van der Waals surface area contributed by atoms with E-state index in [9.17, 15) is 0 Å². The summed E-state index contributed by atoms with van der Waals surface area (Å²) in [5.41, 5.74) is 1.31. The van der Waals surface area contributed by atoms with E-state index >= 15 is 0 Å². The van der Waals surface area contributed by atoms with Gasteiger partial charge < -0.3 is 19.2 Å². The summed E-state index contributed by atoms with van der Waals surface area (Å²) in [4.78, 5) is 4.27. The van der Waals surface area contributed by atoms with E-state index in [1.807, 2.05) is 13.8 Å². The molecule has 0 atom stereocenters. The fourth-order valence-corrected chi connectivity index (χ4v) is 2.29. The molecule has 0 saturated carbocycles. The van der Waals surface area contributed by atoms with Crippen LogP contribution in [0, 0.1) is 13.8 Å². The van der Waals surface area contributed by atoms with Gasteiger partial charge in [-0.25, -0.2) is 4.98 Å². The molecule has 5 nitrogen and oxygen atoms in total. The first-order valence-corrected chi connectivity index (χ1v) is 7.20. The zero-order valence-electron chi connectivity index (χ0n) is 11.4. The van der Waals surface area contributed by atoms with Gasteiger partial charge in [0, 0.05) is 5.75 Å². The summed E-state index contributed by atoms with van der Waals surface area (Å²) < 4.78 is 11.0. The molecule has 0 radical (unpaired) electrons. The van der Waals surface area contributed by atoms with Crippen molar-refractivity contribution in [3.05, 3.63) is 35.7 Å². The lowest BCUT2D eigenvalue weighted by atomic mass is 9.80. The number of aryl methyl sites for hydroxylation is 2. The van der Waals surface area contributed by atoms with Crippen molar-refractivity contribution in [2.24, 2.45) is 0 Å². The second-order valence-corrected chi connectivity index (χ2v) is 5.31. The van der Waals surface area contributed by atoms with Gasteiger partial charge in [0.15, 0.2) is 0 Å². The van der Waals surface area contributed by atoms with E-state index in [-0.39, 0.29) is 0 Å². The van der Waals surface area contributed by atoms with Crippen LogP contribution >= 0.6 is 11.8 Å². The molecule has 20 heavy (non-hydrogen) atoms. The van der Waals surface area contributed by atoms with Gasteiger partial charge in [0.1, 0.15) is 11.5 Å². The van der Waals surface area contributed by atoms with E-state index in [1.165, 1.54) is 11.8 Å². The fraction of sp³-hybridized carbons (Fsp3) is 0.308. The topological polar surface area (TPSA) is 75.7 Å². The van der Waals surface area contributed by atoms with Crippen molar-refractivity contribution < 1.29 is 19.2 Å². The first kappa shape index (κ1) is 15.0. The lowest BCUT2D eigenvalue weighted by molar-refractivity contribution is 0.343. The molecule has 0 aliphatic carbocycles. The average molecular weight is 293 g/mol. The van der Waals surface area contributed by atoms with E-state index in [1.54, 1.807) is 24.3 Å². The van der Waals surface area contributed by atoms with Crippen molar-refractivity contribution in [3.63, 3.8) is 0 Å². The lowest BCUT2D eigenvalue weighted by Gasteiger charge is -2.06. The minimum atomic E-state index is -1.48. The van der Waals surface area contributed by atoms with Crippen molar-refractivity contribution in [1.29, 1.82) is 0 Å². The summed E-state index contributed by atoms with van der Waals surface area (Å²) in [6, 6.07) is 6.73. The average Bonchev–Trinajstić information content (AvgIpc) is 2.74. The predicted molar refractivity (Wildman–Crippen MR) is 78.5 cm³/mol. The van der Waals surface area contributed by atoms with Gasteiger partial charge in [-0.2, -0.15) is 0 Å². The van der Waals surface area contributed by atoms with Gasteiger partial charge in [-0.1, -0.05) is 23.9 Å². The maximum atomic E-state index is 9.07. The number of oxazole rings is 1. The van der Waals surface area contributed by atoms with Crippen molar-refractivity contribution in [2.45, 2.75) is 19.1 Å². The highest BCUT2D eigenvalue weighted by atomic mass is 32.2. The van der Waals surface area contributed by atoms with E-state index in [2.05, 4.69) is 4.98 Å². The standard InChI is InChI=1S/C13H16BNO4S/c1-9-10(2)19-13(15-9)20-7-6-18-12-5-3-4-11(8-12)14(16)17/h3-5,8,16-17H,6-7H2,1-2H3. The summed E-state index contributed by atoms with van der Waals surface area (Å²) in [6.45, 7) is 4.27.